The van der Waals surface area contributed by atoms with Gasteiger partial charge in [0.25, 0.3) is 0 Å². The zero-order valence-corrected chi connectivity index (χ0v) is 21.3. The first kappa shape index (κ1) is 25.6. The van der Waals surface area contributed by atoms with Crippen LogP contribution in [0.3, 0.4) is 0 Å². The molecule has 1 unspecified atom stereocenters. The second-order valence-electron chi connectivity index (χ2n) is 10.6. The van der Waals surface area contributed by atoms with Gasteiger partial charge < -0.3 is 19.9 Å². The van der Waals surface area contributed by atoms with Gasteiger partial charge in [-0.3, -0.25) is 9.59 Å². The van der Waals surface area contributed by atoms with Crippen LogP contribution < -0.4 is 15.0 Å². The SMILES string of the molecule is COc1ccc(CC(=O)N2CCN(c3ccc(NC(=O)CC(C)CC(C)(C)C)cc3)CC2)cc1. The fraction of sp³-hybridized carbons (Fsp3) is 0.500. The molecule has 1 fully saturated rings. The molecule has 2 amide bonds. The summed E-state index contributed by atoms with van der Waals surface area (Å²) in [6.45, 7) is 11.8. The lowest BCUT2D eigenvalue weighted by molar-refractivity contribution is -0.130. The van der Waals surface area contributed by atoms with E-state index in [4.69, 9.17) is 4.74 Å². The summed E-state index contributed by atoms with van der Waals surface area (Å²) in [7, 11) is 1.64. The minimum absolute atomic E-state index is 0.0634. The maximum atomic E-state index is 12.7. The first-order chi connectivity index (χ1) is 16.1. The molecule has 184 valence electrons. The molecule has 6 heteroatoms. The summed E-state index contributed by atoms with van der Waals surface area (Å²) in [6.07, 6.45) is 1.96. The quantitative estimate of drug-likeness (QED) is 0.597. The van der Waals surface area contributed by atoms with Crippen LogP contribution in [-0.2, 0) is 16.0 Å². The van der Waals surface area contributed by atoms with E-state index in [9.17, 15) is 9.59 Å². The standard InChI is InChI=1S/C28H39N3O3/c1-21(20-28(2,3)4)18-26(32)29-23-8-10-24(11-9-23)30-14-16-31(17-15-30)27(33)19-22-6-12-25(34-5)13-7-22/h6-13,21H,14-20H2,1-5H3,(H,29,32). The maximum Gasteiger partial charge on any atom is 0.227 e. The lowest BCUT2D eigenvalue weighted by Gasteiger charge is -2.36. The lowest BCUT2D eigenvalue weighted by Crippen LogP contribution is -2.49. The smallest absolute Gasteiger partial charge is 0.227 e. The Balaban J connectivity index is 1.45. The highest BCUT2D eigenvalue weighted by Gasteiger charge is 2.22. The minimum atomic E-state index is 0.0634. The molecule has 1 saturated heterocycles. The molecule has 1 heterocycles. The van der Waals surface area contributed by atoms with Crippen molar-refractivity contribution in [2.24, 2.45) is 11.3 Å². The minimum Gasteiger partial charge on any atom is -0.497 e. The maximum absolute atomic E-state index is 12.7. The van der Waals surface area contributed by atoms with Gasteiger partial charge in [0, 0.05) is 44.0 Å². The van der Waals surface area contributed by atoms with E-state index in [2.05, 4.69) is 37.9 Å². The molecule has 0 spiro atoms. The summed E-state index contributed by atoms with van der Waals surface area (Å²) in [5, 5.41) is 3.02. The number of anilines is 2. The topological polar surface area (TPSA) is 61.9 Å². The first-order valence-corrected chi connectivity index (χ1v) is 12.2. The highest BCUT2D eigenvalue weighted by molar-refractivity contribution is 5.91. The molecule has 0 bridgehead atoms. The van der Waals surface area contributed by atoms with Crippen molar-refractivity contribution in [3.63, 3.8) is 0 Å². The van der Waals surface area contributed by atoms with E-state index in [0.717, 1.165) is 42.2 Å². The molecule has 0 aliphatic carbocycles. The van der Waals surface area contributed by atoms with Gasteiger partial charge in [0.15, 0.2) is 0 Å². The second-order valence-corrected chi connectivity index (χ2v) is 10.6. The number of nitrogens with zero attached hydrogens (tertiary/aromatic N) is 2. The van der Waals surface area contributed by atoms with E-state index < -0.39 is 0 Å². The fourth-order valence-electron chi connectivity index (χ4n) is 4.65. The predicted octanol–water partition coefficient (Wildman–Crippen LogP) is 4.99. The number of rotatable bonds is 8. The molecule has 0 radical (unpaired) electrons. The average Bonchev–Trinajstić information content (AvgIpc) is 2.79. The van der Waals surface area contributed by atoms with Crippen LogP contribution in [0.25, 0.3) is 0 Å². The van der Waals surface area contributed by atoms with E-state index >= 15 is 0 Å². The number of nitrogens with one attached hydrogen (secondary N) is 1. The monoisotopic (exact) mass is 465 g/mol. The van der Waals surface area contributed by atoms with Crippen molar-refractivity contribution in [2.75, 3.05) is 43.5 Å². The molecule has 1 atom stereocenters. The molecular formula is C28H39N3O3. The van der Waals surface area contributed by atoms with Crippen LogP contribution in [0.1, 0.15) is 46.1 Å². The van der Waals surface area contributed by atoms with Crippen molar-refractivity contribution in [2.45, 2.75) is 47.0 Å². The van der Waals surface area contributed by atoms with Gasteiger partial charge in [-0.1, -0.05) is 39.8 Å². The van der Waals surface area contributed by atoms with Gasteiger partial charge in [0.05, 0.1) is 13.5 Å². The van der Waals surface area contributed by atoms with Gasteiger partial charge in [-0.25, -0.2) is 0 Å². The second kappa shape index (κ2) is 11.4. The van der Waals surface area contributed by atoms with Crippen molar-refractivity contribution >= 4 is 23.2 Å². The Bertz CT molecular complexity index is 940. The van der Waals surface area contributed by atoms with Gasteiger partial charge in [-0.2, -0.15) is 0 Å². The summed E-state index contributed by atoms with van der Waals surface area (Å²) in [6, 6.07) is 15.7. The summed E-state index contributed by atoms with van der Waals surface area (Å²) in [4.78, 5) is 29.3. The van der Waals surface area contributed by atoms with E-state index in [0.29, 0.717) is 31.8 Å². The van der Waals surface area contributed by atoms with Crippen LogP contribution in [0.4, 0.5) is 11.4 Å². The Labute approximate surface area is 204 Å². The number of piperazine rings is 1. The van der Waals surface area contributed by atoms with Gasteiger partial charge in [-0.15, -0.1) is 0 Å². The summed E-state index contributed by atoms with van der Waals surface area (Å²) < 4.78 is 5.18. The van der Waals surface area contributed by atoms with Crippen molar-refractivity contribution in [3.8, 4) is 5.75 Å². The number of benzene rings is 2. The third-order valence-corrected chi connectivity index (χ3v) is 6.16. The Hall–Kier alpha value is -3.02. The van der Waals surface area contributed by atoms with Gasteiger partial charge >= 0.3 is 0 Å². The lowest BCUT2D eigenvalue weighted by atomic mass is 9.84. The number of carbonyl (C=O) groups is 2. The Morgan fingerprint density at radius 2 is 1.59 bits per heavy atom. The summed E-state index contributed by atoms with van der Waals surface area (Å²) in [5.41, 5.74) is 3.16. The van der Waals surface area contributed by atoms with Gasteiger partial charge in [0.2, 0.25) is 11.8 Å². The van der Waals surface area contributed by atoms with E-state index in [1.54, 1.807) is 7.11 Å². The van der Waals surface area contributed by atoms with Crippen molar-refractivity contribution in [3.05, 3.63) is 54.1 Å². The van der Waals surface area contributed by atoms with Crippen LogP contribution in [0.5, 0.6) is 5.75 Å². The van der Waals surface area contributed by atoms with Crippen LogP contribution in [-0.4, -0.2) is 50.0 Å². The number of hydrogen-bond acceptors (Lipinski definition) is 4. The normalized spacial score (nSPS) is 15.1. The molecule has 2 aromatic rings. The Kier molecular flexibility index (Phi) is 8.59. The molecule has 3 rings (SSSR count). The molecule has 1 aliphatic rings. The number of amides is 2. The molecule has 0 saturated carbocycles. The average molecular weight is 466 g/mol. The molecule has 6 nitrogen and oxygen atoms in total. The highest BCUT2D eigenvalue weighted by atomic mass is 16.5. The summed E-state index contributed by atoms with van der Waals surface area (Å²) >= 11 is 0. The molecule has 34 heavy (non-hydrogen) atoms. The first-order valence-electron chi connectivity index (χ1n) is 12.2. The molecule has 0 aromatic heterocycles. The van der Waals surface area contributed by atoms with Crippen molar-refractivity contribution in [1.82, 2.24) is 4.90 Å². The number of methoxy groups -OCH3 is 1. The Morgan fingerprint density at radius 3 is 2.15 bits per heavy atom. The third-order valence-electron chi connectivity index (χ3n) is 6.16. The zero-order chi connectivity index (χ0) is 24.7. The molecular weight excluding hydrogens is 426 g/mol. The van der Waals surface area contributed by atoms with E-state index in [1.807, 2.05) is 53.4 Å². The Morgan fingerprint density at radius 1 is 0.971 bits per heavy atom. The van der Waals surface area contributed by atoms with Gasteiger partial charge in [-0.05, 0) is 59.7 Å². The van der Waals surface area contributed by atoms with Gasteiger partial charge in [0.1, 0.15) is 5.75 Å². The summed E-state index contributed by atoms with van der Waals surface area (Å²) in [5.74, 6) is 1.37. The fourth-order valence-corrected chi connectivity index (χ4v) is 4.65. The van der Waals surface area contributed by atoms with Crippen LogP contribution >= 0.6 is 0 Å². The molecule has 1 N–H and O–H groups in total. The zero-order valence-electron chi connectivity index (χ0n) is 21.3. The number of carbonyl (C=O) groups excluding carboxylic acids is 2. The molecule has 2 aromatic carbocycles. The largest absolute Gasteiger partial charge is 0.497 e. The van der Waals surface area contributed by atoms with Crippen LogP contribution in [0.2, 0.25) is 0 Å². The number of hydrogen-bond donors (Lipinski definition) is 1. The molecule has 1 aliphatic heterocycles. The van der Waals surface area contributed by atoms with Crippen LogP contribution in [0.15, 0.2) is 48.5 Å². The number of ether oxygens (including phenoxy) is 1. The van der Waals surface area contributed by atoms with Crippen molar-refractivity contribution < 1.29 is 14.3 Å². The highest BCUT2D eigenvalue weighted by Crippen LogP contribution is 2.26. The van der Waals surface area contributed by atoms with E-state index in [-0.39, 0.29) is 17.2 Å². The van der Waals surface area contributed by atoms with E-state index in [1.165, 1.54) is 0 Å². The predicted molar refractivity (Wildman–Crippen MR) is 138 cm³/mol. The van der Waals surface area contributed by atoms with Crippen molar-refractivity contribution in [1.29, 1.82) is 0 Å². The third kappa shape index (κ3) is 7.79. The van der Waals surface area contributed by atoms with Crippen LogP contribution in [0, 0.1) is 11.3 Å².